The van der Waals surface area contributed by atoms with Gasteiger partial charge in [-0.1, -0.05) is 173 Å². The highest BCUT2D eigenvalue weighted by Gasteiger charge is 2.19. The van der Waals surface area contributed by atoms with Gasteiger partial charge in [0, 0.05) is 13.0 Å². The monoisotopic (exact) mass is 618 g/mol. The average molecular weight is 618 g/mol. The minimum Gasteiger partial charge on any atom is -0.481 e. The second-order valence-corrected chi connectivity index (χ2v) is 13.3. The van der Waals surface area contributed by atoms with E-state index in [4.69, 9.17) is 0 Å². The molecule has 0 aliphatic rings. The van der Waals surface area contributed by atoms with E-state index in [0.717, 1.165) is 19.3 Å². The molecule has 0 aromatic heterocycles. The van der Waals surface area contributed by atoms with E-state index in [1.807, 2.05) is 6.08 Å². The van der Waals surface area contributed by atoms with Crippen molar-refractivity contribution in [3.63, 3.8) is 0 Å². The van der Waals surface area contributed by atoms with E-state index in [2.05, 4.69) is 37.4 Å². The lowest BCUT2D eigenvalue weighted by atomic mass is 10.00. The number of rotatable bonds is 35. The molecule has 2 N–H and O–H groups in total. The van der Waals surface area contributed by atoms with Gasteiger partial charge in [0.15, 0.2) is 0 Å². The Morgan fingerprint density at radius 1 is 0.500 bits per heavy atom. The zero-order valence-corrected chi connectivity index (χ0v) is 29.6. The number of hydrogen-bond donors (Lipinski definition) is 2. The minimum atomic E-state index is -0.872. The van der Waals surface area contributed by atoms with Crippen LogP contribution in [0.5, 0.6) is 0 Å². The van der Waals surface area contributed by atoms with Crippen LogP contribution in [-0.2, 0) is 9.59 Å². The molecule has 1 amide bonds. The van der Waals surface area contributed by atoms with Gasteiger partial charge in [0.2, 0.25) is 5.91 Å². The smallest absolute Gasteiger partial charge is 0.307 e. The molecule has 0 fully saturated rings. The summed E-state index contributed by atoms with van der Waals surface area (Å²) in [5.41, 5.74) is 0. The maximum absolute atomic E-state index is 12.3. The van der Waals surface area contributed by atoms with E-state index in [9.17, 15) is 14.7 Å². The van der Waals surface area contributed by atoms with Gasteiger partial charge in [-0.25, -0.2) is 0 Å². The molecule has 258 valence electrons. The molecular formula is C40H75NO3. The van der Waals surface area contributed by atoms with Crippen molar-refractivity contribution in [2.24, 2.45) is 5.92 Å². The Morgan fingerprint density at radius 2 is 0.841 bits per heavy atom. The summed E-state index contributed by atoms with van der Waals surface area (Å²) < 4.78 is 0. The van der Waals surface area contributed by atoms with Crippen molar-refractivity contribution in [1.29, 1.82) is 0 Å². The van der Waals surface area contributed by atoms with Gasteiger partial charge in [-0.05, 0) is 51.4 Å². The molecular weight excluding hydrogens is 542 g/mol. The minimum absolute atomic E-state index is 0.0742. The Hall–Kier alpha value is -1.58. The van der Waals surface area contributed by atoms with Gasteiger partial charge in [-0.15, -0.1) is 0 Å². The third-order valence-corrected chi connectivity index (χ3v) is 8.85. The number of hydrogen-bond acceptors (Lipinski definition) is 2. The lowest BCUT2D eigenvalue weighted by Gasteiger charge is -2.10. The van der Waals surface area contributed by atoms with Crippen molar-refractivity contribution in [2.75, 3.05) is 6.54 Å². The fourth-order valence-electron chi connectivity index (χ4n) is 5.83. The van der Waals surface area contributed by atoms with Gasteiger partial charge in [0.25, 0.3) is 0 Å². The standard InChI is InChI=1S/C40H75NO3/c1-3-5-7-9-11-13-15-17-19-21-23-25-27-29-31-33-35-38(40(43)44)37-39(42)41-36-34-32-30-28-26-24-22-20-18-16-14-12-10-8-6-4-2/h18,20,31,33,38H,3-17,19,21-30,32,34-37H2,1-2H3,(H,41,42)(H,43,44)/b20-18+,33-31+. The number of carbonyl (C=O) groups is 2. The third-order valence-electron chi connectivity index (χ3n) is 8.85. The van der Waals surface area contributed by atoms with Crippen LogP contribution < -0.4 is 5.32 Å². The van der Waals surface area contributed by atoms with E-state index >= 15 is 0 Å². The van der Waals surface area contributed by atoms with Crippen LogP contribution in [0.25, 0.3) is 0 Å². The highest BCUT2D eigenvalue weighted by Crippen LogP contribution is 2.15. The van der Waals surface area contributed by atoms with Crippen LogP contribution in [-0.4, -0.2) is 23.5 Å². The number of unbranched alkanes of at least 4 members (excludes halogenated alkanes) is 25. The third kappa shape index (κ3) is 33.3. The van der Waals surface area contributed by atoms with Crippen LogP contribution in [0.4, 0.5) is 0 Å². The predicted octanol–water partition coefficient (Wildman–Crippen LogP) is 12.7. The molecule has 0 spiro atoms. The van der Waals surface area contributed by atoms with E-state index in [-0.39, 0.29) is 12.3 Å². The molecule has 0 radical (unpaired) electrons. The maximum Gasteiger partial charge on any atom is 0.307 e. The molecule has 4 nitrogen and oxygen atoms in total. The number of allylic oxidation sites excluding steroid dienone is 4. The second kappa shape index (κ2) is 35.9. The molecule has 0 aliphatic carbocycles. The zero-order chi connectivity index (χ0) is 32.2. The SMILES string of the molecule is CCCCCCCC/C=C/CCCCCCCCNC(=O)CC(C/C=C/CCCCCCCCCCCCCCC)C(=O)O. The summed E-state index contributed by atoms with van der Waals surface area (Å²) >= 11 is 0. The summed E-state index contributed by atoms with van der Waals surface area (Å²) in [4.78, 5) is 23.9. The number of nitrogens with one attached hydrogen (secondary N) is 1. The molecule has 0 aromatic carbocycles. The van der Waals surface area contributed by atoms with Crippen molar-refractivity contribution in [2.45, 2.75) is 206 Å². The maximum atomic E-state index is 12.3. The van der Waals surface area contributed by atoms with Gasteiger partial charge in [0.05, 0.1) is 5.92 Å². The van der Waals surface area contributed by atoms with E-state index < -0.39 is 11.9 Å². The molecule has 0 saturated heterocycles. The van der Waals surface area contributed by atoms with Gasteiger partial charge < -0.3 is 10.4 Å². The van der Waals surface area contributed by atoms with Crippen molar-refractivity contribution >= 4 is 11.9 Å². The Kier molecular flexibility index (Phi) is 34.6. The molecule has 0 aromatic rings. The van der Waals surface area contributed by atoms with Crippen molar-refractivity contribution < 1.29 is 14.7 Å². The van der Waals surface area contributed by atoms with E-state index in [1.54, 1.807) is 0 Å². The van der Waals surface area contributed by atoms with Crippen molar-refractivity contribution in [3.05, 3.63) is 24.3 Å². The number of carbonyl (C=O) groups excluding carboxylic acids is 1. The summed E-state index contributed by atoms with van der Waals surface area (Å²) in [6, 6.07) is 0. The van der Waals surface area contributed by atoms with Gasteiger partial charge in [-0.3, -0.25) is 9.59 Å². The lowest BCUT2D eigenvalue weighted by molar-refractivity contribution is -0.143. The molecule has 1 unspecified atom stereocenters. The predicted molar refractivity (Wildman–Crippen MR) is 192 cm³/mol. The molecule has 0 rings (SSSR count). The van der Waals surface area contributed by atoms with Crippen LogP contribution in [0.1, 0.15) is 206 Å². The molecule has 0 aliphatic heterocycles. The van der Waals surface area contributed by atoms with E-state index in [0.29, 0.717) is 13.0 Å². The summed E-state index contributed by atoms with van der Waals surface area (Å²) in [6.07, 6.45) is 45.7. The van der Waals surface area contributed by atoms with Crippen LogP contribution in [0.3, 0.4) is 0 Å². The highest BCUT2D eigenvalue weighted by molar-refractivity contribution is 5.82. The summed E-state index contributed by atoms with van der Waals surface area (Å²) in [6.45, 7) is 5.20. The fraction of sp³-hybridized carbons (Fsp3) is 0.850. The van der Waals surface area contributed by atoms with Gasteiger partial charge >= 0.3 is 5.97 Å². The molecule has 44 heavy (non-hydrogen) atoms. The summed E-state index contributed by atoms with van der Waals surface area (Å²) in [5.74, 6) is -1.63. The number of aliphatic carboxylic acids is 1. The Balaban J connectivity index is 3.60. The first-order valence-corrected chi connectivity index (χ1v) is 19.4. The molecule has 0 bridgehead atoms. The molecule has 4 heteroatoms. The summed E-state index contributed by atoms with van der Waals surface area (Å²) in [7, 11) is 0. The van der Waals surface area contributed by atoms with Crippen molar-refractivity contribution in [1.82, 2.24) is 5.32 Å². The number of carboxylic acid groups (broad SMARTS) is 1. The topological polar surface area (TPSA) is 66.4 Å². The zero-order valence-electron chi connectivity index (χ0n) is 29.6. The molecule has 0 heterocycles. The average Bonchev–Trinajstić information content (AvgIpc) is 3.01. The number of carboxylic acids is 1. The first kappa shape index (κ1) is 42.4. The van der Waals surface area contributed by atoms with Crippen LogP contribution in [0.15, 0.2) is 24.3 Å². The number of amides is 1. The first-order valence-electron chi connectivity index (χ1n) is 19.4. The van der Waals surface area contributed by atoms with Crippen LogP contribution in [0.2, 0.25) is 0 Å². The second-order valence-electron chi connectivity index (χ2n) is 13.3. The largest absolute Gasteiger partial charge is 0.481 e. The lowest BCUT2D eigenvalue weighted by Crippen LogP contribution is -2.28. The first-order chi connectivity index (χ1) is 21.6. The van der Waals surface area contributed by atoms with Crippen LogP contribution >= 0.6 is 0 Å². The van der Waals surface area contributed by atoms with Gasteiger partial charge in [0.1, 0.15) is 0 Å². The van der Waals surface area contributed by atoms with E-state index in [1.165, 1.54) is 161 Å². The fourth-order valence-corrected chi connectivity index (χ4v) is 5.83. The highest BCUT2D eigenvalue weighted by atomic mass is 16.4. The Morgan fingerprint density at radius 3 is 1.23 bits per heavy atom. The summed E-state index contributed by atoms with van der Waals surface area (Å²) in [5, 5.41) is 12.5. The Bertz CT molecular complexity index is 672. The molecule has 0 saturated carbocycles. The normalized spacial score (nSPS) is 12.4. The van der Waals surface area contributed by atoms with Gasteiger partial charge in [-0.2, -0.15) is 0 Å². The van der Waals surface area contributed by atoms with Crippen molar-refractivity contribution in [3.8, 4) is 0 Å². The van der Waals surface area contributed by atoms with Crippen LogP contribution in [0, 0.1) is 5.92 Å². The Labute approximate surface area is 274 Å². The quantitative estimate of drug-likeness (QED) is 0.0549. The molecule has 1 atom stereocenters.